The summed E-state index contributed by atoms with van der Waals surface area (Å²) in [5.74, 6) is -0.222. The molecule has 3 heteroatoms. The van der Waals surface area contributed by atoms with Gasteiger partial charge in [-0.1, -0.05) is 24.3 Å². The van der Waals surface area contributed by atoms with E-state index < -0.39 is 17.4 Å². The minimum atomic E-state index is -0.622. The minimum Gasteiger partial charge on any atom is -0.393 e. The van der Waals surface area contributed by atoms with Crippen LogP contribution in [0, 0.1) is 11.3 Å². The predicted molar refractivity (Wildman–Crippen MR) is 81.7 cm³/mol. The lowest BCUT2D eigenvalue weighted by Gasteiger charge is -2.15. The highest BCUT2D eigenvalue weighted by molar-refractivity contribution is 5.88. The molecule has 0 fully saturated rings. The smallest absolute Gasteiger partial charge is 0.318 e. The summed E-state index contributed by atoms with van der Waals surface area (Å²) in [5.41, 5.74) is 2.25. The van der Waals surface area contributed by atoms with Crippen molar-refractivity contribution >= 4 is 11.9 Å². The number of rotatable bonds is 4. The van der Waals surface area contributed by atoms with Gasteiger partial charge in [0, 0.05) is 6.42 Å². The van der Waals surface area contributed by atoms with E-state index in [1.165, 1.54) is 11.1 Å². The van der Waals surface area contributed by atoms with Crippen molar-refractivity contribution in [3.05, 3.63) is 35.4 Å². The van der Waals surface area contributed by atoms with Crippen LogP contribution >= 0.6 is 0 Å². The van der Waals surface area contributed by atoms with Crippen LogP contribution in [-0.2, 0) is 27.2 Å². The Morgan fingerprint density at radius 2 is 1.71 bits per heavy atom. The van der Waals surface area contributed by atoms with Crippen LogP contribution in [0.25, 0.3) is 0 Å². The van der Waals surface area contributed by atoms with Gasteiger partial charge in [0.25, 0.3) is 0 Å². The Morgan fingerprint density at radius 3 is 2.24 bits per heavy atom. The van der Waals surface area contributed by atoms with E-state index in [0.717, 1.165) is 25.7 Å². The second kappa shape index (κ2) is 6.42. The average Bonchev–Trinajstić information content (AvgIpc) is 2.80. The van der Waals surface area contributed by atoms with E-state index in [-0.39, 0.29) is 0 Å². The number of hydrogen-bond acceptors (Lipinski definition) is 3. The van der Waals surface area contributed by atoms with E-state index in [2.05, 4.69) is 24.3 Å². The summed E-state index contributed by atoms with van der Waals surface area (Å²) in [6, 6.07) is 8.53. The molecular weight excluding hydrogens is 264 g/mol. The lowest BCUT2D eigenvalue weighted by atomic mass is 9.97. The van der Waals surface area contributed by atoms with E-state index in [0.29, 0.717) is 12.3 Å². The van der Waals surface area contributed by atoms with Crippen molar-refractivity contribution in [3.63, 3.8) is 0 Å². The van der Waals surface area contributed by atoms with Crippen LogP contribution in [-0.4, -0.2) is 11.9 Å². The normalized spacial score (nSPS) is 14.8. The standard InChI is InChI=1S/C18H24O3/c1-18(2,3)17(20)21-16(19)10-6-7-13-11-14-8-4-5-9-15(14)12-13/h4-5,8-9,13H,6-7,10-12H2,1-3H3. The van der Waals surface area contributed by atoms with Crippen LogP contribution in [0.3, 0.4) is 0 Å². The second-order valence-electron chi connectivity index (χ2n) is 6.95. The monoisotopic (exact) mass is 288 g/mol. The highest BCUT2D eigenvalue weighted by atomic mass is 16.6. The fourth-order valence-corrected chi connectivity index (χ4v) is 2.70. The summed E-state index contributed by atoms with van der Waals surface area (Å²) in [4.78, 5) is 23.2. The molecule has 3 nitrogen and oxygen atoms in total. The number of carbonyl (C=O) groups excluding carboxylic acids is 2. The first-order valence-corrected chi connectivity index (χ1v) is 7.68. The third-order valence-electron chi connectivity index (χ3n) is 3.95. The molecule has 0 aliphatic heterocycles. The van der Waals surface area contributed by atoms with E-state index >= 15 is 0 Å². The molecular formula is C18H24O3. The van der Waals surface area contributed by atoms with Crippen molar-refractivity contribution in [2.45, 2.75) is 52.9 Å². The molecule has 1 aromatic carbocycles. The third kappa shape index (κ3) is 4.42. The number of esters is 2. The summed E-state index contributed by atoms with van der Waals surface area (Å²) >= 11 is 0. The SMILES string of the molecule is CC(C)(C)C(=O)OC(=O)CCCC1Cc2ccccc2C1. The van der Waals surface area contributed by atoms with Crippen LogP contribution < -0.4 is 0 Å². The first-order chi connectivity index (χ1) is 9.86. The Labute approximate surface area is 126 Å². The molecule has 0 bridgehead atoms. The predicted octanol–water partition coefficient (Wildman–Crippen LogP) is 3.69. The molecule has 1 aliphatic carbocycles. The van der Waals surface area contributed by atoms with Gasteiger partial charge in [-0.05, 0) is 63.5 Å². The van der Waals surface area contributed by atoms with Gasteiger partial charge in [0.15, 0.2) is 0 Å². The summed E-state index contributed by atoms with van der Waals surface area (Å²) in [6.07, 6.45) is 4.33. The molecule has 0 radical (unpaired) electrons. The van der Waals surface area contributed by atoms with E-state index in [9.17, 15) is 9.59 Å². The zero-order chi connectivity index (χ0) is 15.5. The van der Waals surface area contributed by atoms with Crippen molar-refractivity contribution in [3.8, 4) is 0 Å². The van der Waals surface area contributed by atoms with Crippen LogP contribution in [0.2, 0.25) is 0 Å². The van der Waals surface area contributed by atoms with Gasteiger partial charge < -0.3 is 4.74 Å². The molecule has 0 aromatic heterocycles. The molecule has 1 aromatic rings. The van der Waals surface area contributed by atoms with Crippen LogP contribution in [0.1, 0.15) is 51.2 Å². The lowest BCUT2D eigenvalue weighted by molar-refractivity contribution is -0.165. The molecule has 0 amide bonds. The fraction of sp³-hybridized carbons (Fsp3) is 0.556. The van der Waals surface area contributed by atoms with E-state index in [4.69, 9.17) is 4.74 Å². The number of fused-ring (bicyclic) bond motifs is 1. The van der Waals surface area contributed by atoms with Gasteiger partial charge in [0.1, 0.15) is 0 Å². The molecule has 114 valence electrons. The number of hydrogen-bond donors (Lipinski definition) is 0. The number of benzene rings is 1. The van der Waals surface area contributed by atoms with Crippen molar-refractivity contribution < 1.29 is 14.3 Å². The zero-order valence-electron chi connectivity index (χ0n) is 13.1. The van der Waals surface area contributed by atoms with Gasteiger partial charge in [0.05, 0.1) is 5.41 Å². The highest BCUT2D eigenvalue weighted by Gasteiger charge is 2.26. The Balaban J connectivity index is 1.69. The first-order valence-electron chi connectivity index (χ1n) is 7.68. The Morgan fingerprint density at radius 1 is 1.14 bits per heavy atom. The van der Waals surface area contributed by atoms with Crippen LogP contribution in [0.15, 0.2) is 24.3 Å². The second-order valence-corrected chi connectivity index (χ2v) is 6.95. The third-order valence-corrected chi connectivity index (χ3v) is 3.95. The molecule has 1 aliphatic rings. The summed E-state index contributed by atoms with van der Waals surface area (Å²) in [6.45, 7) is 5.25. The number of carbonyl (C=O) groups is 2. The maximum absolute atomic E-state index is 11.6. The van der Waals surface area contributed by atoms with Gasteiger partial charge in [-0.2, -0.15) is 0 Å². The molecule has 0 heterocycles. The van der Waals surface area contributed by atoms with Gasteiger partial charge in [-0.15, -0.1) is 0 Å². The van der Waals surface area contributed by atoms with Crippen LogP contribution in [0.4, 0.5) is 0 Å². The Bertz CT molecular complexity index is 501. The Hall–Kier alpha value is -1.64. The van der Waals surface area contributed by atoms with Crippen molar-refractivity contribution in [2.75, 3.05) is 0 Å². The Kier molecular flexibility index (Phi) is 4.81. The highest BCUT2D eigenvalue weighted by Crippen LogP contribution is 2.29. The van der Waals surface area contributed by atoms with Crippen molar-refractivity contribution in [2.24, 2.45) is 11.3 Å². The van der Waals surface area contributed by atoms with Crippen LogP contribution in [0.5, 0.6) is 0 Å². The molecule has 2 rings (SSSR count). The van der Waals surface area contributed by atoms with Gasteiger partial charge in [0.2, 0.25) is 0 Å². The van der Waals surface area contributed by atoms with Gasteiger partial charge >= 0.3 is 11.9 Å². The molecule has 21 heavy (non-hydrogen) atoms. The van der Waals surface area contributed by atoms with Crippen molar-refractivity contribution in [1.82, 2.24) is 0 Å². The van der Waals surface area contributed by atoms with Gasteiger partial charge in [-0.25, -0.2) is 0 Å². The maximum atomic E-state index is 11.6. The lowest BCUT2D eigenvalue weighted by Crippen LogP contribution is -2.25. The van der Waals surface area contributed by atoms with E-state index in [1.54, 1.807) is 20.8 Å². The maximum Gasteiger partial charge on any atom is 0.318 e. The molecule has 0 atom stereocenters. The van der Waals surface area contributed by atoms with E-state index in [1.807, 2.05) is 0 Å². The first kappa shape index (κ1) is 15.7. The molecule has 0 N–H and O–H groups in total. The van der Waals surface area contributed by atoms with Crippen molar-refractivity contribution in [1.29, 1.82) is 0 Å². The molecule has 0 unspecified atom stereocenters. The number of ether oxygens (including phenoxy) is 1. The summed E-state index contributed by atoms with van der Waals surface area (Å²) < 4.78 is 4.86. The average molecular weight is 288 g/mol. The minimum absolute atomic E-state index is 0.328. The largest absolute Gasteiger partial charge is 0.393 e. The fourth-order valence-electron chi connectivity index (χ4n) is 2.70. The quantitative estimate of drug-likeness (QED) is 0.627. The zero-order valence-corrected chi connectivity index (χ0v) is 13.1. The summed E-state index contributed by atoms with van der Waals surface area (Å²) in [5, 5.41) is 0. The molecule has 0 saturated heterocycles. The topological polar surface area (TPSA) is 43.4 Å². The summed E-state index contributed by atoms with van der Waals surface area (Å²) in [7, 11) is 0. The molecule has 0 saturated carbocycles. The van der Waals surface area contributed by atoms with Gasteiger partial charge in [-0.3, -0.25) is 9.59 Å². The molecule has 0 spiro atoms.